The van der Waals surface area contributed by atoms with Gasteiger partial charge in [0.25, 0.3) is 0 Å². The highest BCUT2D eigenvalue weighted by Gasteiger charge is 2.35. The highest BCUT2D eigenvalue weighted by molar-refractivity contribution is 5.97. The highest BCUT2D eigenvalue weighted by atomic mass is 19.4. The maximum atomic E-state index is 13.0. The molecule has 2 aliphatic rings. The summed E-state index contributed by atoms with van der Waals surface area (Å²) in [6.07, 6.45) is -2.19. The van der Waals surface area contributed by atoms with Gasteiger partial charge in [-0.15, -0.1) is 0 Å². The average molecular weight is 439 g/mol. The van der Waals surface area contributed by atoms with E-state index in [1.165, 1.54) is 0 Å². The number of nitrogens with one attached hydrogen (secondary N) is 2. The van der Waals surface area contributed by atoms with Crippen LogP contribution in [0.3, 0.4) is 0 Å². The summed E-state index contributed by atoms with van der Waals surface area (Å²) < 4.78 is 38.9. The first-order valence-corrected chi connectivity index (χ1v) is 10.7. The van der Waals surface area contributed by atoms with Gasteiger partial charge in [0.05, 0.1) is 5.56 Å². The third kappa shape index (κ3) is 5.71. The zero-order valence-electron chi connectivity index (χ0n) is 18.5. The molecule has 0 radical (unpaired) electrons. The van der Waals surface area contributed by atoms with Gasteiger partial charge in [-0.25, -0.2) is 0 Å². The average Bonchev–Trinajstić information content (AvgIpc) is 3.56. The molecule has 1 unspecified atom stereocenters. The predicted molar refractivity (Wildman–Crippen MR) is 117 cm³/mol. The van der Waals surface area contributed by atoms with E-state index in [9.17, 15) is 13.2 Å². The first-order valence-electron chi connectivity index (χ1n) is 10.7. The smallest absolute Gasteiger partial charge is 0.385 e. The summed E-state index contributed by atoms with van der Waals surface area (Å²) in [5.41, 5.74) is 7.28. The lowest BCUT2D eigenvalue weighted by Crippen LogP contribution is -2.51. The van der Waals surface area contributed by atoms with E-state index in [2.05, 4.69) is 20.0 Å². The van der Waals surface area contributed by atoms with Crippen LogP contribution in [0.2, 0.25) is 0 Å². The third-order valence-corrected chi connectivity index (χ3v) is 6.03. The maximum Gasteiger partial charge on any atom is 0.416 e. The van der Waals surface area contributed by atoms with Crippen molar-refractivity contribution in [3.63, 3.8) is 0 Å². The molecule has 0 aromatic heterocycles. The summed E-state index contributed by atoms with van der Waals surface area (Å²) in [5.74, 6) is 1.43. The van der Waals surface area contributed by atoms with Crippen molar-refractivity contribution < 1.29 is 13.2 Å². The van der Waals surface area contributed by atoms with Crippen LogP contribution in [0.25, 0.3) is 0 Å². The number of hydrogen-bond acceptors (Lipinski definition) is 5. The van der Waals surface area contributed by atoms with Gasteiger partial charge < -0.3 is 20.9 Å². The molecule has 9 heteroatoms. The van der Waals surface area contributed by atoms with Gasteiger partial charge in [0.15, 0.2) is 0 Å². The van der Waals surface area contributed by atoms with Crippen LogP contribution in [-0.2, 0) is 6.18 Å². The Kier molecular flexibility index (Phi) is 7.16. The van der Waals surface area contributed by atoms with Crippen LogP contribution in [0, 0.1) is 11.3 Å². The van der Waals surface area contributed by atoms with Gasteiger partial charge in [-0.05, 0) is 50.6 Å². The standard InChI is InChI=1S/C22H33F3N6/c1-28-20(26)19(16-4-5-16)21(27)31-12-10-30(11-13-31)18(14-29(2)3)15-6-8-17(9-7-15)22(23,24)25/h6-9,16,18,27-28H,4-5,10-14,26H2,1-3H3/b20-19-,27-21?. The number of hydrogen-bond donors (Lipinski definition) is 3. The van der Waals surface area contributed by atoms with E-state index in [0.29, 0.717) is 37.2 Å². The first kappa shape index (κ1) is 23.4. The van der Waals surface area contributed by atoms with Gasteiger partial charge in [0, 0.05) is 51.4 Å². The van der Waals surface area contributed by atoms with E-state index in [-0.39, 0.29) is 6.04 Å². The Labute approximate surface area is 182 Å². The summed E-state index contributed by atoms with van der Waals surface area (Å²) in [4.78, 5) is 6.42. The fourth-order valence-electron chi connectivity index (χ4n) is 4.15. The molecule has 2 fully saturated rings. The molecular formula is C22H33F3N6. The van der Waals surface area contributed by atoms with Crippen LogP contribution in [0.1, 0.15) is 30.0 Å². The lowest BCUT2D eigenvalue weighted by Gasteiger charge is -2.41. The molecule has 1 aromatic carbocycles. The molecule has 0 bridgehead atoms. The fourth-order valence-corrected chi connectivity index (χ4v) is 4.15. The number of halogens is 3. The van der Waals surface area contributed by atoms with Crippen molar-refractivity contribution in [1.29, 1.82) is 5.41 Å². The van der Waals surface area contributed by atoms with Gasteiger partial charge in [-0.2, -0.15) is 13.2 Å². The van der Waals surface area contributed by atoms with Gasteiger partial charge in [-0.3, -0.25) is 10.3 Å². The Morgan fingerprint density at radius 2 is 1.74 bits per heavy atom. The van der Waals surface area contributed by atoms with Gasteiger partial charge in [0.1, 0.15) is 11.7 Å². The number of alkyl halides is 3. The lowest BCUT2D eigenvalue weighted by molar-refractivity contribution is -0.137. The van der Waals surface area contributed by atoms with Crippen molar-refractivity contribution in [3.8, 4) is 0 Å². The minimum Gasteiger partial charge on any atom is -0.385 e. The Balaban J connectivity index is 1.70. The Morgan fingerprint density at radius 3 is 2.19 bits per heavy atom. The van der Waals surface area contributed by atoms with E-state index >= 15 is 0 Å². The van der Waals surface area contributed by atoms with Gasteiger partial charge in [-0.1, -0.05) is 12.1 Å². The van der Waals surface area contributed by atoms with Crippen LogP contribution in [0.4, 0.5) is 13.2 Å². The quantitative estimate of drug-likeness (QED) is 0.451. The van der Waals surface area contributed by atoms with Crippen LogP contribution in [-0.4, -0.2) is 74.4 Å². The number of rotatable bonds is 7. The van der Waals surface area contributed by atoms with Crippen LogP contribution < -0.4 is 11.1 Å². The van der Waals surface area contributed by atoms with Crippen molar-refractivity contribution in [2.24, 2.45) is 11.7 Å². The molecule has 4 N–H and O–H groups in total. The Bertz CT molecular complexity index is 790. The van der Waals surface area contributed by atoms with E-state index in [1.54, 1.807) is 19.2 Å². The highest BCUT2D eigenvalue weighted by Crippen LogP contribution is 2.38. The third-order valence-electron chi connectivity index (χ3n) is 6.03. The van der Waals surface area contributed by atoms with Crippen LogP contribution in [0.5, 0.6) is 0 Å². The zero-order valence-corrected chi connectivity index (χ0v) is 18.5. The summed E-state index contributed by atoms with van der Waals surface area (Å²) in [6, 6.07) is 5.50. The molecule has 6 nitrogen and oxygen atoms in total. The van der Waals surface area contributed by atoms with Crippen molar-refractivity contribution in [3.05, 3.63) is 46.8 Å². The number of piperazine rings is 1. The minimum absolute atomic E-state index is 0.00515. The Morgan fingerprint density at radius 1 is 1.16 bits per heavy atom. The molecule has 3 rings (SSSR count). The van der Waals surface area contributed by atoms with Crippen molar-refractivity contribution in [1.82, 2.24) is 20.0 Å². The maximum absolute atomic E-state index is 13.0. The molecule has 0 spiro atoms. The lowest BCUT2D eigenvalue weighted by atomic mass is 10.0. The summed E-state index contributed by atoms with van der Waals surface area (Å²) >= 11 is 0. The van der Waals surface area contributed by atoms with E-state index in [1.807, 2.05) is 14.1 Å². The fraction of sp³-hybridized carbons (Fsp3) is 0.591. The number of nitrogens with zero attached hydrogens (tertiary/aromatic N) is 3. The molecule has 1 aliphatic carbocycles. The van der Waals surface area contributed by atoms with Gasteiger partial charge >= 0.3 is 6.18 Å². The minimum atomic E-state index is -4.33. The second-order valence-corrected chi connectivity index (χ2v) is 8.62. The Hall–Kier alpha value is -2.26. The molecule has 1 aliphatic heterocycles. The largest absolute Gasteiger partial charge is 0.416 e. The SMILES string of the molecule is CN/C(N)=C(\C(=N)N1CCN(C(CN(C)C)c2ccc(C(F)(F)F)cc2)CC1)C1CC1. The molecule has 31 heavy (non-hydrogen) atoms. The second-order valence-electron chi connectivity index (χ2n) is 8.62. The van der Waals surface area contributed by atoms with Crippen molar-refractivity contribution >= 4 is 5.84 Å². The summed E-state index contributed by atoms with van der Waals surface area (Å²) in [5, 5.41) is 11.7. The van der Waals surface area contributed by atoms with E-state index in [4.69, 9.17) is 11.1 Å². The van der Waals surface area contributed by atoms with Crippen LogP contribution >= 0.6 is 0 Å². The van der Waals surface area contributed by atoms with Crippen molar-refractivity contribution in [2.45, 2.75) is 25.1 Å². The van der Waals surface area contributed by atoms with E-state index in [0.717, 1.165) is 49.2 Å². The number of nitrogens with two attached hydrogens (primary N) is 1. The normalized spacial score (nSPS) is 19.9. The first-order chi connectivity index (χ1) is 14.6. The van der Waals surface area contributed by atoms with Crippen LogP contribution in [0.15, 0.2) is 35.7 Å². The van der Waals surface area contributed by atoms with E-state index < -0.39 is 11.7 Å². The second kappa shape index (κ2) is 9.48. The number of likely N-dealkylation sites (N-methyl/N-ethyl adjacent to an activating group) is 1. The number of amidine groups is 1. The number of benzene rings is 1. The molecule has 172 valence electrons. The molecular weight excluding hydrogens is 405 g/mol. The summed E-state index contributed by atoms with van der Waals surface area (Å²) in [7, 11) is 5.71. The molecule has 1 saturated carbocycles. The molecule has 1 heterocycles. The van der Waals surface area contributed by atoms with Crippen molar-refractivity contribution in [2.75, 3.05) is 53.9 Å². The zero-order chi connectivity index (χ0) is 22.8. The molecule has 1 saturated heterocycles. The predicted octanol–water partition coefficient (Wildman–Crippen LogP) is 2.70. The molecule has 1 atom stereocenters. The monoisotopic (exact) mass is 438 g/mol. The van der Waals surface area contributed by atoms with Gasteiger partial charge in [0.2, 0.25) is 0 Å². The topological polar surface area (TPSA) is 71.6 Å². The summed E-state index contributed by atoms with van der Waals surface area (Å²) in [6.45, 7) is 3.56. The molecule has 1 aromatic rings. The molecule has 0 amide bonds.